The minimum absolute atomic E-state index is 0.199. The summed E-state index contributed by atoms with van der Waals surface area (Å²) in [5, 5.41) is 10.8. The number of nitrogens with one attached hydrogen (secondary N) is 1. The van der Waals surface area contributed by atoms with Crippen molar-refractivity contribution in [2.45, 2.75) is 31.8 Å². The topological polar surface area (TPSA) is 136 Å². The number of nitrogens with two attached hydrogens (primary N) is 2. The van der Waals surface area contributed by atoms with Crippen LogP contribution in [0.25, 0.3) is 0 Å². The summed E-state index contributed by atoms with van der Waals surface area (Å²) in [5.41, 5.74) is 10.2. The molecule has 0 rings (SSSR count). The molecule has 0 fully saturated rings. The summed E-state index contributed by atoms with van der Waals surface area (Å²) in [5.74, 6) is -2.28. The quantitative estimate of drug-likeness (QED) is 0.415. The molecule has 2 atom stereocenters. The molecule has 0 radical (unpaired) electrons. The van der Waals surface area contributed by atoms with E-state index in [0.717, 1.165) is 0 Å². The summed E-state index contributed by atoms with van der Waals surface area (Å²) in [7, 11) is 0. The van der Waals surface area contributed by atoms with Gasteiger partial charge in [-0.1, -0.05) is 0 Å². The van der Waals surface area contributed by atoms with Crippen molar-refractivity contribution in [3.05, 3.63) is 0 Å². The van der Waals surface area contributed by atoms with Gasteiger partial charge in [-0.3, -0.25) is 14.4 Å². The molecule has 0 bridgehead atoms. The van der Waals surface area contributed by atoms with Crippen LogP contribution in [0.4, 0.5) is 0 Å². The van der Waals surface area contributed by atoms with Crippen LogP contribution < -0.4 is 16.8 Å². The summed E-state index contributed by atoms with van der Waals surface area (Å²) in [4.78, 5) is 32.0. The highest BCUT2D eigenvalue weighted by molar-refractivity contribution is 5.87. The molecule has 0 aliphatic rings. The Morgan fingerprint density at radius 3 is 2.27 bits per heavy atom. The number of carboxylic acid groups (broad SMARTS) is 1. The van der Waals surface area contributed by atoms with Gasteiger partial charge in [-0.2, -0.15) is 0 Å². The Balaban J connectivity index is 4.01. The molecule has 0 heterocycles. The first-order chi connectivity index (χ1) is 6.82. The number of primary amides is 1. The van der Waals surface area contributed by atoms with E-state index in [1.54, 1.807) is 0 Å². The van der Waals surface area contributed by atoms with E-state index in [4.69, 9.17) is 16.6 Å². The molecule has 2 unspecified atom stereocenters. The Kier molecular flexibility index (Phi) is 5.32. The van der Waals surface area contributed by atoms with Crippen molar-refractivity contribution in [3.8, 4) is 0 Å². The fourth-order valence-electron chi connectivity index (χ4n) is 0.972. The highest BCUT2D eigenvalue weighted by Crippen LogP contribution is 1.93. The van der Waals surface area contributed by atoms with E-state index in [-0.39, 0.29) is 12.8 Å². The molecular formula is C8H15N3O4. The summed E-state index contributed by atoms with van der Waals surface area (Å²) < 4.78 is 0. The van der Waals surface area contributed by atoms with E-state index in [9.17, 15) is 14.4 Å². The van der Waals surface area contributed by atoms with Gasteiger partial charge in [-0.25, -0.2) is 0 Å². The second kappa shape index (κ2) is 5.97. The van der Waals surface area contributed by atoms with Crippen molar-refractivity contribution in [2.24, 2.45) is 11.5 Å². The molecule has 0 aromatic rings. The lowest BCUT2D eigenvalue weighted by Gasteiger charge is -2.14. The Morgan fingerprint density at radius 2 is 1.87 bits per heavy atom. The van der Waals surface area contributed by atoms with Crippen LogP contribution in [-0.2, 0) is 14.4 Å². The lowest BCUT2D eigenvalue weighted by Crippen LogP contribution is -2.46. The standard InChI is InChI=1S/C8H15N3O4/c1-4(2-7(13)14)11-8(15)5(9)3-6(10)12/h4-5H,2-3,9H2,1H3,(H2,10,12)(H,11,15)(H,13,14). The Morgan fingerprint density at radius 1 is 1.33 bits per heavy atom. The molecule has 7 nitrogen and oxygen atoms in total. The number of aliphatic carboxylic acids is 1. The molecule has 0 aliphatic heterocycles. The minimum Gasteiger partial charge on any atom is -0.481 e. The van der Waals surface area contributed by atoms with Crippen LogP contribution in [-0.4, -0.2) is 35.0 Å². The largest absolute Gasteiger partial charge is 0.481 e. The van der Waals surface area contributed by atoms with E-state index in [0.29, 0.717) is 0 Å². The zero-order valence-corrected chi connectivity index (χ0v) is 8.40. The second-order valence-corrected chi connectivity index (χ2v) is 3.28. The van der Waals surface area contributed by atoms with Crippen molar-refractivity contribution in [3.63, 3.8) is 0 Å². The third-order valence-corrected chi connectivity index (χ3v) is 1.63. The van der Waals surface area contributed by atoms with Crippen molar-refractivity contribution < 1.29 is 19.5 Å². The molecule has 7 heteroatoms. The number of hydrogen-bond donors (Lipinski definition) is 4. The second-order valence-electron chi connectivity index (χ2n) is 3.28. The maximum absolute atomic E-state index is 11.2. The van der Waals surface area contributed by atoms with Crippen molar-refractivity contribution >= 4 is 17.8 Å². The van der Waals surface area contributed by atoms with Gasteiger partial charge in [0.15, 0.2) is 0 Å². The molecular weight excluding hydrogens is 202 g/mol. The Bertz CT molecular complexity index is 267. The zero-order chi connectivity index (χ0) is 12.0. The van der Waals surface area contributed by atoms with Gasteiger partial charge in [0.2, 0.25) is 11.8 Å². The zero-order valence-electron chi connectivity index (χ0n) is 8.40. The number of rotatable bonds is 6. The van der Waals surface area contributed by atoms with Crippen LogP contribution >= 0.6 is 0 Å². The molecule has 86 valence electrons. The van der Waals surface area contributed by atoms with Crippen LogP contribution in [0, 0.1) is 0 Å². The first-order valence-corrected chi connectivity index (χ1v) is 4.39. The maximum Gasteiger partial charge on any atom is 0.305 e. The molecule has 0 aromatic carbocycles. The molecule has 0 saturated heterocycles. The highest BCUT2D eigenvalue weighted by Gasteiger charge is 2.18. The number of carbonyl (C=O) groups is 3. The van der Waals surface area contributed by atoms with Crippen LogP contribution in [0.3, 0.4) is 0 Å². The number of hydrogen-bond acceptors (Lipinski definition) is 4. The predicted molar refractivity (Wildman–Crippen MR) is 51.6 cm³/mol. The van der Waals surface area contributed by atoms with Crippen molar-refractivity contribution in [1.82, 2.24) is 5.32 Å². The number of amides is 2. The van der Waals surface area contributed by atoms with Gasteiger partial charge >= 0.3 is 5.97 Å². The van der Waals surface area contributed by atoms with E-state index in [2.05, 4.69) is 5.32 Å². The van der Waals surface area contributed by atoms with Gasteiger partial charge in [0.1, 0.15) is 0 Å². The minimum atomic E-state index is -1.03. The van der Waals surface area contributed by atoms with Gasteiger partial charge in [0, 0.05) is 6.04 Å². The smallest absolute Gasteiger partial charge is 0.305 e. The molecule has 0 saturated carbocycles. The average Bonchev–Trinajstić information content (AvgIpc) is 2.00. The summed E-state index contributed by atoms with van der Waals surface area (Å²) in [6, 6.07) is -1.56. The first kappa shape index (κ1) is 13.4. The first-order valence-electron chi connectivity index (χ1n) is 4.39. The van der Waals surface area contributed by atoms with Crippen molar-refractivity contribution in [2.75, 3.05) is 0 Å². The van der Waals surface area contributed by atoms with Crippen molar-refractivity contribution in [1.29, 1.82) is 0 Å². The van der Waals surface area contributed by atoms with Crippen LogP contribution in [0.15, 0.2) is 0 Å². The third kappa shape index (κ3) is 6.44. The third-order valence-electron chi connectivity index (χ3n) is 1.63. The van der Waals surface area contributed by atoms with E-state index in [1.807, 2.05) is 0 Å². The molecule has 0 aromatic heterocycles. The Hall–Kier alpha value is -1.63. The van der Waals surface area contributed by atoms with Gasteiger partial charge in [-0.15, -0.1) is 0 Å². The van der Waals surface area contributed by atoms with Gasteiger partial charge in [0.25, 0.3) is 0 Å². The van der Waals surface area contributed by atoms with Crippen LogP contribution in [0.2, 0.25) is 0 Å². The Labute approximate surface area is 86.8 Å². The molecule has 15 heavy (non-hydrogen) atoms. The van der Waals surface area contributed by atoms with Gasteiger partial charge in [-0.05, 0) is 6.92 Å². The van der Waals surface area contributed by atoms with Crippen LogP contribution in [0.5, 0.6) is 0 Å². The number of carboxylic acids is 1. The summed E-state index contributed by atoms with van der Waals surface area (Å²) in [6.45, 7) is 1.53. The maximum atomic E-state index is 11.2. The lowest BCUT2D eigenvalue weighted by molar-refractivity contribution is -0.137. The number of carbonyl (C=O) groups excluding carboxylic acids is 2. The summed E-state index contributed by atoms with van der Waals surface area (Å²) in [6.07, 6.45) is -0.458. The summed E-state index contributed by atoms with van der Waals surface area (Å²) >= 11 is 0. The molecule has 0 aliphatic carbocycles. The highest BCUT2D eigenvalue weighted by atomic mass is 16.4. The molecule has 2 amide bonds. The van der Waals surface area contributed by atoms with E-state index < -0.39 is 29.9 Å². The normalized spacial score (nSPS) is 14.0. The van der Waals surface area contributed by atoms with E-state index in [1.165, 1.54) is 6.92 Å². The monoisotopic (exact) mass is 217 g/mol. The lowest BCUT2D eigenvalue weighted by atomic mass is 10.1. The molecule has 0 spiro atoms. The fourth-order valence-corrected chi connectivity index (χ4v) is 0.972. The van der Waals surface area contributed by atoms with Crippen LogP contribution in [0.1, 0.15) is 19.8 Å². The average molecular weight is 217 g/mol. The fraction of sp³-hybridized carbons (Fsp3) is 0.625. The van der Waals surface area contributed by atoms with E-state index >= 15 is 0 Å². The predicted octanol–water partition coefficient (Wildman–Crippen LogP) is -1.83. The van der Waals surface area contributed by atoms with Gasteiger partial charge in [0.05, 0.1) is 18.9 Å². The van der Waals surface area contributed by atoms with Gasteiger partial charge < -0.3 is 21.9 Å². The SMILES string of the molecule is CC(CC(=O)O)NC(=O)C(N)CC(N)=O. The molecule has 6 N–H and O–H groups in total.